The Labute approximate surface area is 226 Å². The molecule has 3 aromatic carbocycles. The summed E-state index contributed by atoms with van der Waals surface area (Å²) in [6, 6.07) is 18.9. The highest BCUT2D eigenvalue weighted by atomic mass is 16.5. The summed E-state index contributed by atoms with van der Waals surface area (Å²) in [5.41, 5.74) is 2.45. The zero-order chi connectivity index (χ0) is 28.3. The lowest BCUT2D eigenvalue weighted by molar-refractivity contribution is -0.132. The Morgan fingerprint density at radius 3 is 2.28 bits per heavy atom. The van der Waals surface area contributed by atoms with Crippen LogP contribution in [-0.4, -0.2) is 29.4 Å². The fraction of sp³-hybridized carbons (Fsp3) is 0.226. The molecule has 3 aromatic rings. The van der Waals surface area contributed by atoms with Crippen LogP contribution in [0.15, 0.2) is 72.3 Å². The van der Waals surface area contributed by atoms with Crippen molar-refractivity contribution in [2.45, 2.75) is 39.7 Å². The molecule has 0 radical (unpaired) electrons. The molecule has 1 saturated heterocycles. The number of ketones is 1. The minimum absolute atomic E-state index is 0.0741. The van der Waals surface area contributed by atoms with Gasteiger partial charge in [-0.1, -0.05) is 26.0 Å². The monoisotopic (exact) mass is 524 g/mol. The van der Waals surface area contributed by atoms with Crippen LogP contribution in [0.1, 0.15) is 61.9 Å². The van der Waals surface area contributed by atoms with Crippen molar-refractivity contribution < 1.29 is 29.0 Å². The molecule has 1 atom stereocenters. The number of Topliss-reactive ketones (excluding diaryl/α,β-unsaturated/α-hetero) is 1. The highest BCUT2D eigenvalue weighted by Gasteiger charge is 2.47. The molecule has 1 N–H and O–H groups in total. The lowest BCUT2D eigenvalue weighted by atomic mass is 9.93. The number of nitrogens with zero attached hydrogens (tertiary/aromatic N) is 2. The molecule has 1 fully saturated rings. The maximum atomic E-state index is 13.5. The van der Waals surface area contributed by atoms with E-state index in [0.717, 1.165) is 5.56 Å². The van der Waals surface area contributed by atoms with Crippen LogP contribution in [0.5, 0.6) is 11.5 Å². The number of benzene rings is 3. The minimum Gasteiger partial charge on any atom is -0.507 e. The summed E-state index contributed by atoms with van der Waals surface area (Å²) in [6.45, 7) is 7.64. The molecule has 0 saturated carbocycles. The Bertz CT molecular complexity index is 1500. The molecular weight excluding hydrogens is 496 g/mol. The standard InChI is InChI=1S/C31H28N2O6/c1-5-38-26-15-10-22(16-25(26)18(2)3)29(35)27-28(21-8-13-24(14-9-21)39-19(4)34)33(31(37)30(27)36)23-11-6-20(17-32)7-12-23/h6-16,18,28,35H,5H2,1-4H3/b29-27-. The molecule has 198 valence electrons. The Kier molecular flexibility index (Phi) is 7.82. The van der Waals surface area contributed by atoms with E-state index in [-0.39, 0.29) is 17.3 Å². The smallest absolute Gasteiger partial charge is 0.308 e. The van der Waals surface area contributed by atoms with Gasteiger partial charge in [-0.25, -0.2) is 0 Å². The summed E-state index contributed by atoms with van der Waals surface area (Å²) in [5, 5.41) is 20.7. The molecule has 0 spiro atoms. The number of nitriles is 1. The van der Waals surface area contributed by atoms with Crippen molar-refractivity contribution in [1.29, 1.82) is 5.26 Å². The number of rotatable bonds is 7. The van der Waals surface area contributed by atoms with Crippen LogP contribution in [-0.2, 0) is 14.4 Å². The van der Waals surface area contributed by atoms with Crippen molar-refractivity contribution in [3.05, 3.63) is 94.6 Å². The van der Waals surface area contributed by atoms with E-state index in [1.807, 2.05) is 26.8 Å². The number of aliphatic hydroxyl groups is 1. The molecule has 0 aromatic heterocycles. The lowest BCUT2D eigenvalue weighted by Crippen LogP contribution is -2.29. The van der Waals surface area contributed by atoms with E-state index in [2.05, 4.69) is 0 Å². The summed E-state index contributed by atoms with van der Waals surface area (Å²) in [7, 11) is 0. The molecule has 8 heteroatoms. The van der Waals surface area contributed by atoms with E-state index >= 15 is 0 Å². The average Bonchev–Trinajstić information content (AvgIpc) is 3.18. The largest absolute Gasteiger partial charge is 0.507 e. The fourth-order valence-corrected chi connectivity index (χ4v) is 4.58. The zero-order valence-corrected chi connectivity index (χ0v) is 22.1. The van der Waals surface area contributed by atoms with Gasteiger partial charge in [-0.2, -0.15) is 5.26 Å². The normalized spacial score (nSPS) is 16.3. The molecule has 1 amide bonds. The van der Waals surface area contributed by atoms with Gasteiger partial charge in [0, 0.05) is 18.2 Å². The molecule has 0 aliphatic carbocycles. The number of hydrogen-bond acceptors (Lipinski definition) is 7. The maximum absolute atomic E-state index is 13.5. The van der Waals surface area contributed by atoms with Gasteiger partial charge in [0.15, 0.2) is 0 Å². The number of aliphatic hydroxyl groups excluding tert-OH is 1. The van der Waals surface area contributed by atoms with Crippen LogP contribution in [0.4, 0.5) is 5.69 Å². The summed E-state index contributed by atoms with van der Waals surface area (Å²) in [4.78, 5) is 39.5. The van der Waals surface area contributed by atoms with Crippen LogP contribution in [0.25, 0.3) is 5.76 Å². The average molecular weight is 525 g/mol. The van der Waals surface area contributed by atoms with Gasteiger partial charge in [0.1, 0.15) is 17.3 Å². The molecule has 1 unspecified atom stereocenters. The second-order valence-electron chi connectivity index (χ2n) is 9.33. The second-order valence-corrected chi connectivity index (χ2v) is 9.33. The first kappa shape index (κ1) is 27.1. The van der Waals surface area contributed by atoms with Crippen molar-refractivity contribution in [1.82, 2.24) is 0 Å². The molecule has 39 heavy (non-hydrogen) atoms. The minimum atomic E-state index is -0.974. The Balaban J connectivity index is 1.90. The van der Waals surface area contributed by atoms with Crippen LogP contribution < -0.4 is 14.4 Å². The summed E-state index contributed by atoms with van der Waals surface area (Å²) >= 11 is 0. The summed E-state index contributed by atoms with van der Waals surface area (Å²) in [6.07, 6.45) is 0. The molecular formula is C31H28N2O6. The third kappa shape index (κ3) is 5.39. The van der Waals surface area contributed by atoms with E-state index in [0.29, 0.717) is 40.5 Å². The summed E-state index contributed by atoms with van der Waals surface area (Å²) in [5.74, 6) is -1.40. The Morgan fingerprint density at radius 1 is 1.05 bits per heavy atom. The second kappa shape index (κ2) is 11.2. The molecule has 8 nitrogen and oxygen atoms in total. The lowest BCUT2D eigenvalue weighted by Gasteiger charge is -2.25. The highest BCUT2D eigenvalue weighted by Crippen LogP contribution is 2.43. The maximum Gasteiger partial charge on any atom is 0.308 e. The SMILES string of the molecule is CCOc1ccc(/C(O)=C2/C(=O)C(=O)N(c3ccc(C#N)cc3)C2c2ccc(OC(C)=O)cc2)cc1C(C)C. The molecule has 1 aliphatic heterocycles. The van der Waals surface area contributed by atoms with Crippen LogP contribution in [0, 0.1) is 11.3 Å². The first-order valence-electron chi connectivity index (χ1n) is 12.5. The Morgan fingerprint density at radius 2 is 1.72 bits per heavy atom. The van der Waals surface area contributed by atoms with E-state index in [1.54, 1.807) is 66.7 Å². The first-order valence-corrected chi connectivity index (χ1v) is 12.5. The van der Waals surface area contributed by atoms with Gasteiger partial charge in [-0.15, -0.1) is 0 Å². The van der Waals surface area contributed by atoms with Gasteiger partial charge in [-0.3, -0.25) is 19.3 Å². The van der Waals surface area contributed by atoms with Gasteiger partial charge in [0.2, 0.25) is 0 Å². The molecule has 0 bridgehead atoms. The Hall–Kier alpha value is -4.90. The van der Waals surface area contributed by atoms with Gasteiger partial charge in [-0.05, 0) is 78.6 Å². The number of ether oxygens (including phenoxy) is 2. The van der Waals surface area contributed by atoms with E-state index in [4.69, 9.17) is 9.47 Å². The number of amides is 1. The van der Waals surface area contributed by atoms with E-state index in [9.17, 15) is 24.8 Å². The molecule has 1 heterocycles. The van der Waals surface area contributed by atoms with Crippen molar-refractivity contribution in [2.75, 3.05) is 11.5 Å². The number of anilines is 1. The third-order valence-corrected chi connectivity index (χ3v) is 6.38. The van der Waals surface area contributed by atoms with Crippen molar-refractivity contribution in [2.24, 2.45) is 0 Å². The van der Waals surface area contributed by atoms with Gasteiger partial charge in [0.25, 0.3) is 11.7 Å². The number of hydrogen-bond donors (Lipinski definition) is 1. The number of carbonyl (C=O) groups is 3. The fourth-order valence-electron chi connectivity index (χ4n) is 4.58. The van der Waals surface area contributed by atoms with Crippen molar-refractivity contribution in [3.63, 3.8) is 0 Å². The third-order valence-electron chi connectivity index (χ3n) is 6.38. The van der Waals surface area contributed by atoms with E-state index in [1.165, 1.54) is 11.8 Å². The van der Waals surface area contributed by atoms with Gasteiger partial charge in [0.05, 0.1) is 29.9 Å². The van der Waals surface area contributed by atoms with Crippen molar-refractivity contribution >= 4 is 29.1 Å². The molecule has 4 rings (SSSR count). The van der Waals surface area contributed by atoms with E-state index < -0.39 is 23.7 Å². The van der Waals surface area contributed by atoms with Gasteiger partial charge >= 0.3 is 5.97 Å². The number of esters is 1. The highest BCUT2D eigenvalue weighted by molar-refractivity contribution is 6.51. The topological polar surface area (TPSA) is 117 Å². The van der Waals surface area contributed by atoms with Crippen LogP contribution in [0.3, 0.4) is 0 Å². The van der Waals surface area contributed by atoms with Crippen molar-refractivity contribution in [3.8, 4) is 17.6 Å². The predicted molar refractivity (Wildman–Crippen MR) is 145 cm³/mol. The zero-order valence-electron chi connectivity index (χ0n) is 22.1. The predicted octanol–water partition coefficient (Wildman–Crippen LogP) is 5.63. The first-order chi connectivity index (χ1) is 18.7. The molecule has 1 aliphatic rings. The van der Waals surface area contributed by atoms with Gasteiger partial charge < -0.3 is 14.6 Å². The quantitative estimate of drug-likeness (QED) is 0.140. The summed E-state index contributed by atoms with van der Waals surface area (Å²) < 4.78 is 10.9. The number of carbonyl (C=O) groups excluding carboxylic acids is 3. The van der Waals surface area contributed by atoms with Crippen LogP contribution in [0.2, 0.25) is 0 Å². The van der Waals surface area contributed by atoms with Crippen LogP contribution >= 0.6 is 0 Å².